The van der Waals surface area contributed by atoms with Crippen LogP contribution in [0.3, 0.4) is 0 Å². The summed E-state index contributed by atoms with van der Waals surface area (Å²) in [7, 11) is 0. The Morgan fingerprint density at radius 3 is 2.84 bits per heavy atom. The van der Waals surface area contributed by atoms with Crippen molar-refractivity contribution in [1.29, 1.82) is 0 Å². The molecule has 0 aromatic rings. The molecule has 108 valence electrons. The van der Waals surface area contributed by atoms with Crippen LogP contribution in [-0.2, 0) is 4.74 Å². The van der Waals surface area contributed by atoms with Crippen LogP contribution in [0.5, 0.6) is 0 Å². The monoisotopic (exact) mass is 266 g/mol. The highest BCUT2D eigenvalue weighted by atomic mass is 16.6. The first kappa shape index (κ1) is 14.4. The van der Waals surface area contributed by atoms with Gasteiger partial charge in [0.2, 0.25) is 0 Å². The standard InChI is InChI=1S/C15H26N2O2/c1-5-19-13(18)17-9-7-11-14(2,3)12(16)6-8-15(11,4)10-17/h7,12H,5-6,8-10,16H2,1-4H3/t12-,15+/m0/s1. The summed E-state index contributed by atoms with van der Waals surface area (Å²) in [4.78, 5) is 13.7. The zero-order valence-electron chi connectivity index (χ0n) is 12.5. The van der Waals surface area contributed by atoms with Crippen molar-refractivity contribution >= 4 is 6.09 Å². The van der Waals surface area contributed by atoms with Crippen LogP contribution in [0.2, 0.25) is 0 Å². The van der Waals surface area contributed by atoms with Gasteiger partial charge in [-0.3, -0.25) is 0 Å². The van der Waals surface area contributed by atoms with Gasteiger partial charge in [-0.15, -0.1) is 0 Å². The number of amides is 1. The fraction of sp³-hybridized carbons (Fsp3) is 0.800. The fourth-order valence-corrected chi connectivity index (χ4v) is 3.66. The molecule has 0 saturated heterocycles. The topological polar surface area (TPSA) is 55.6 Å². The number of carbonyl (C=O) groups is 1. The number of hydrogen-bond donors (Lipinski definition) is 1. The van der Waals surface area contributed by atoms with Crippen LogP contribution in [0.1, 0.15) is 40.5 Å². The molecule has 2 aliphatic rings. The Kier molecular flexibility index (Phi) is 3.65. The van der Waals surface area contributed by atoms with Crippen molar-refractivity contribution in [2.75, 3.05) is 19.7 Å². The molecule has 1 aliphatic carbocycles. The first-order chi connectivity index (χ1) is 8.81. The van der Waals surface area contributed by atoms with Gasteiger partial charge in [-0.05, 0) is 19.8 Å². The molecular formula is C15H26N2O2. The van der Waals surface area contributed by atoms with Gasteiger partial charge in [0, 0.05) is 30.0 Å². The van der Waals surface area contributed by atoms with Crippen molar-refractivity contribution in [2.24, 2.45) is 16.6 Å². The molecule has 4 nitrogen and oxygen atoms in total. The van der Waals surface area contributed by atoms with E-state index < -0.39 is 0 Å². The highest BCUT2D eigenvalue weighted by molar-refractivity contribution is 5.68. The molecule has 0 unspecified atom stereocenters. The largest absolute Gasteiger partial charge is 0.450 e. The molecule has 1 aliphatic heterocycles. The number of nitrogens with two attached hydrogens (primary N) is 1. The van der Waals surface area contributed by atoms with Gasteiger partial charge in [0.15, 0.2) is 0 Å². The van der Waals surface area contributed by atoms with Gasteiger partial charge in [-0.25, -0.2) is 4.79 Å². The van der Waals surface area contributed by atoms with E-state index in [9.17, 15) is 4.79 Å². The first-order valence-electron chi connectivity index (χ1n) is 7.19. The Labute approximate surface area is 116 Å². The van der Waals surface area contributed by atoms with Gasteiger partial charge in [0.05, 0.1) is 6.61 Å². The number of hydrogen-bond acceptors (Lipinski definition) is 3. The summed E-state index contributed by atoms with van der Waals surface area (Å²) in [5.41, 5.74) is 7.76. The van der Waals surface area contributed by atoms with E-state index in [0.717, 1.165) is 19.4 Å². The Bertz CT molecular complexity index is 403. The van der Waals surface area contributed by atoms with Crippen molar-refractivity contribution < 1.29 is 9.53 Å². The van der Waals surface area contributed by atoms with Crippen LogP contribution in [-0.4, -0.2) is 36.7 Å². The predicted molar refractivity (Wildman–Crippen MR) is 75.8 cm³/mol. The number of rotatable bonds is 1. The third kappa shape index (κ3) is 2.38. The Balaban J connectivity index is 2.24. The second-order valence-electron chi connectivity index (χ2n) is 6.62. The second-order valence-corrected chi connectivity index (χ2v) is 6.62. The maximum Gasteiger partial charge on any atom is 0.410 e. The van der Waals surface area contributed by atoms with Crippen molar-refractivity contribution in [3.63, 3.8) is 0 Å². The molecule has 1 fully saturated rings. The lowest BCUT2D eigenvalue weighted by Gasteiger charge is -2.52. The molecule has 19 heavy (non-hydrogen) atoms. The average molecular weight is 266 g/mol. The number of ether oxygens (including phenoxy) is 1. The summed E-state index contributed by atoms with van der Waals surface area (Å²) in [5, 5.41) is 0. The summed E-state index contributed by atoms with van der Waals surface area (Å²) < 4.78 is 5.11. The van der Waals surface area contributed by atoms with E-state index in [1.165, 1.54) is 5.57 Å². The summed E-state index contributed by atoms with van der Waals surface area (Å²) in [6, 6.07) is 0.209. The molecule has 4 heteroatoms. The molecule has 2 N–H and O–H groups in total. The van der Waals surface area contributed by atoms with Crippen LogP contribution < -0.4 is 5.73 Å². The predicted octanol–water partition coefficient (Wildman–Crippen LogP) is 2.54. The molecule has 0 spiro atoms. The van der Waals surface area contributed by atoms with Gasteiger partial charge >= 0.3 is 6.09 Å². The van der Waals surface area contributed by atoms with Crippen molar-refractivity contribution in [3.05, 3.63) is 11.6 Å². The highest BCUT2D eigenvalue weighted by Gasteiger charge is 2.48. The Morgan fingerprint density at radius 2 is 2.21 bits per heavy atom. The Hall–Kier alpha value is -1.03. The molecule has 2 atom stereocenters. The quantitative estimate of drug-likeness (QED) is 0.742. The average Bonchev–Trinajstić information content (AvgIpc) is 2.34. The maximum absolute atomic E-state index is 11.9. The van der Waals surface area contributed by atoms with E-state index in [1.807, 2.05) is 6.92 Å². The summed E-state index contributed by atoms with van der Waals surface area (Å²) >= 11 is 0. The summed E-state index contributed by atoms with van der Waals surface area (Å²) in [5.74, 6) is 0. The van der Waals surface area contributed by atoms with Gasteiger partial charge in [0.1, 0.15) is 0 Å². The highest BCUT2D eigenvalue weighted by Crippen LogP contribution is 2.51. The van der Waals surface area contributed by atoms with Crippen LogP contribution in [0.15, 0.2) is 11.6 Å². The van der Waals surface area contributed by atoms with Crippen molar-refractivity contribution in [2.45, 2.75) is 46.6 Å². The van der Waals surface area contributed by atoms with Crippen molar-refractivity contribution in [1.82, 2.24) is 4.90 Å². The molecule has 1 amide bonds. The number of fused-ring (bicyclic) bond motifs is 1. The lowest BCUT2D eigenvalue weighted by atomic mass is 9.57. The first-order valence-corrected chi connectivity index (χ1v) is 7.19. The molecular weight excluding hydrogens is 240 g/mol. The Morgan fingerprint density at radius 1 is 1.53 bits per heavy atom. The van der Waals surface area contributed by atoms with Crippen molar-refractivity contribution in [3.8, 4) is 0 Å². The van der Waals surface area contributed by atoms with Gasteiger partial charge in [-0.1, -0.05) is 32.4 Å². The normalized spacial score (nSPS) is 33.4. The second kappa shape index (κ2) is 4.82. The minimum absolute atomic E-state index is 0.0216. The fourth-order valence-electron chi connectivity index (χ4n) is 3.66. The minimum Gasteiger partial charge on any atom is -0.450 e. The van der Waals surface area contributed by atoms with Gasteiger partial charge in [0.25, 0.3) is 0 Å². The maximum atomic E-state index is 11.9. The third-order valence-corrected chi connectivity index (χ3v) is 4.86. The smallest absolute Gasteiger partial charge is 0.410 e. The van der Waals surface area contributed by atoms with E-state index in [4.69, 9.17) is 10.5 Å². The lowest BCUT2D eigenvalue weighted by molar-refractivity contribution is 0.0713. The van der Waals surface area contributed by atoms with Crippen LogP contribution in [0.4, 0.5) is 4.79 Å². The SMILES string of the molecule is CCOC(=O)N1CC=C2C(C)(C)[C@@H](N)CC[C@]2(C)C1. The molecule has 0 radical (unpaired) electrons. The number of nitrogens with zero attached hydrogens (tertiary/aromatic N) is 1. The zero-order valence-corrected chi connectivity index (χ0v) is 12.5. The molecule has 0 aromatic carbocycles. The minimum atomic E-state index is -0.202. The van der Waals surface area contributed by atoms with Crippen LogP contribution in [0, 0.1) is 10.8 Å². The molecule has 0 bridgehead atoms. The van der Waals surface area contributed by atoms with E-state index in [-0.39, 0.29) is 23.0 Å². The summed E-state index contributed by atoms with van der Waals surface area (Å²) in [6.07, 6.45) is 4.04. The number of carbonyl (C=O) groups excluding carboxylic acids is 1. The third-order valence-electron chi connectivity index (χ3n) is 4.86. The van der Waals surface area contributed by atoms with Gasteiger partial charge < -0.3 is 15.4 Å². The molecule has 1 saturated carbocycles. The van der Waals surface area contributed by atoms with Gasteiger partial charge in [-0.2, -0.15) is 0 Å². The van der Waals surface area contributed by atoms with E-state index in [0.29, 0.717) is 13.2 Å². The van der Waals surface area contributed by atoms with Crippen LogP contribution >= 0.6 is 0 Å². The molecule has 2 rings (SSSR count). The zero-order chi connectivity index (χ0) is 14.3. The lowest BCUT2D eigenvalue weighted by Crippen LogP contribution is -2.54. The summed E-state index contributed by atoms with van der Waals surface area (Å²) in [6.45, 7) is 10.3. The van der Waals surface area contributed by atoms with E-state index in [2.05, 4.69) is 26.8 Å². The van der Waals surface area contributed by atoms with Crippen LogP contribution in [0.25, 0.3) is 0 Å². The molecule has 1 heterocycles. The van der Waals surface area contributed by atoms with E-state index >= 15 is 0 Å². The molecule has 0 aromatic heterocycles. The van der Waals surface area contributed by atoms with E-state index in [1.54, 1.807) is 4.90 Å².